The molecular formula is C13H20N2O3. The number of nitrogens with one attached hydrogen (secondary N) is 1. The summed E-state index contributed by atoms with van der Waals surface area (Å²) >= 11 is 0. The third-order valence-corrected chi connectivity index (χ3v) is 2.48. The molecule has 0 heterocycles. The molecule has 0 aliphatic carbocycles. The molecule has 1 aromatic carbocycles. The molecule has 5 nitrogen and oxygen atoms in total. The highest BCUT2D eigenvalue weighted by atomic mass is 16.5. The van der Waals surface area contributed by atoms with Crippen LogP contribution < -0.4 is 11.1 Å². The SMILES string of the molecule is CCOCCNC(=O)C(N)Cc1ccc(O)cc1. The van der Waals surface area contributed by atoms with Crippen LogP contribution >= 0.6 is 0 Å². The van der Waals surface area contributed by atoms with Crippen LogP contribution in [0.3, 0.4) is 0 Å². The first-order valence-electron chi connectivity index (χ1n) is 6.02. The summed E-state index contributed by atoms with van der Waals surface area (Å²) in [5.41, 5.74) is 6.70. The number of benzene rings is 1. The van der Waals surface area contributed by atoms with Crippen molar-refractivity contribution in [1.82, 2.24) is 5.32 Å². The molecule has 0 aromatic heterocycles. The number of phenols is 1. The van der Waals surface area contributed by atoms with Crippen molar-refractivity contribution in [2.24, 2.45) is 5.73 Å². The van der Waals surface area contributed by atoms with Gasteiger partial charge in [-0.1, -0.05) is 12.1 Å². The van der Waals surface area contributed by atoms with Crippen LogP contribution in [0, 0.1) is 0 Å². The minimum atomic E-state index is -0.587. The van der Waals surface area contributed by atoms with Crippen LogP contribution in [0.1, 0.15) is 12.5 Å². The summed E-state index contributed by atoms with van der Waals surface area (Å²) in [4.78, 5) is 11.6. The highest BCUT2D eigenvalue weighted by Crippen LogP contribution is 2.10. The molecule has 18 heavy (non-hydrogen) atoms. The van der Waals surface area contributed by atoms with Gasteiger partial charge >= 0.3 is 0 Å². The Morgan fingerprint density at radius 3 is 2.72 bits per heavy atom. The van der Waals surface area contributed by atoms with E-state index >= 15 is 0 Å². The van der Waals surface area contributed by atoms with E-state index in [1.54, 1.807) is 24.3 Å². The summed E-state index contributed by atoms with van der Waals surface area (Å²) < 4.78 is 5.11. The van der Waals surface area contributed by atoms with Gasteiger partial charge in [0.25, 0.3) is 0 Å². The molecule has 0 fully saturated rings. The molecule has 1 rings (SSSR count). The van der Waals surface area contributed by atoms with E-state index in [9.17, 15) is 4.79 Å². The van der Waals surface area contributed by atoms with Gasteiger partial charge in [-0.05, 0) is 31.0 Å². The zero-order chi connectivity index (χ0) is 13.4. The van der Waals surface area contributed by atoms with Gasteiger partial charge in [0.1, 0.15) is 5.75 Å². The lowest BCUT2D eigenvalue weighted by Gasteiger charge is -2.12. The Hall–Kier alpha value is -1.59. The fraction of sp³-hybridized carbons (Fsp3) is 0.462. The zero-order valence-electron chi connectivity index (χ0n) is 10.6. The number of ether oxygens (including phenoxy) is 1. The summed E-state index contributed by atoms with van der Waals surface area (Å²) in [5.74, 6) is 0.0104. The number of hydrogen-bond donors (Lipinski definition) is 3. The average Bonchev–Trinajstić information content (AvgIpc) is 2.37. The summed E-state index contributed by atoms with van der Waals surface area (Å²) in [7, 11) is 0. The van der Waals surface area contributed by atoms with E-state index in [1.165, 1.54) is 0 Å². The zero-order valence-corrected chi connectivity index (χ0v) is 10.6. The smallest absolute Gasteiger partial charge is 0.237 e. The lowest BCUT2D eigenvalue weighted by molar-refractivity contribution is -0.122. The van der Waals surface area contributed by atoms with Gasteiger partial charge in [-0.3, -0.25) is 4.79 Å². The standard InChI is InChI=1S/C13H20N2O3/c1-2-18-8-7-15-13(17)12(14)9-10-3-5-11(16)6-4-10/h3-6,12,16H,2,7-9,14H2,1H3,(H,15,17). The Labute approximate surface area is 107 Å². The molecule has 0 saturated carbocycles. The Bertz CT molecular complexity index is 365. The molecule has 0 radical (unpaired) electrons. The first-order chi connectivity index (χ1) is 8.63. The number of carbonyl (C=O) groups is 1. The van der Waals surface area contributed by atoms with Gasteiger partial charge < -0.3 is 20.9 Å². The third-order valence-electron chi connectivity index (χ3n) is 2.48. The van der Waals surface area contributed by atoms with Gasteiger partial charge in [0.05, 0.1) is 12.6 Å². The van der Waals surface area contributed by atoms with Crippen molar-refractivity contribution >= 4 is 5.91 Å². The Morgan fingerprint density at radius 2 is 2.11 bits per heavy atom. The predicted molar refractivity (Wildman–Crippen MR) is 69.3 cm³/mol. The van der Waals surface area contributed by atoms with Gasteiger partial charge in [0.2, 0.25) is 5.91 Å². The van der Waals surface area contributed by atoms with Crippen LogP contribution in [0.25, 0.3) is 0 Å². The first kappa shape index (κ1) is 14.5. The molecule has 4 N–H and O–H groups in total. The van der Waals surface area contributed by atoms with E-state index in [-0.39, 0.29) is 11.7 Å². The maximum absolute atomic E-state index is 11.6. The van der Waals surface area contributed by atoms with E-state index in [0.717, 1.165) is 5.56 Å². The lowest BCUT2D eigenvalue weighted by Crippen LogP contribution is -2.43. The molecule has 1 aromatic rings. The second-order valence-electron chi connectivity index (χ2n) is 3.97. The van der Waals surface area contributed by atoms with Crippen molar-refractivity contribution in [2.75, 3.05) is 19.8 Å². The number of aromatic hydroxyl groups is 1. The number of hydrogen-bond acceptors (Lipinski definition) is 4. The lowest BCUT2D eigenvalue weighted by atomic mass is 10.1. The fourth-order valence-corrected chi connectivity index (χ4v) is 1.50. The number of nitrogens with two attached hydrogens (primary N) is 1. The Kier molecular flexibility index (Phi) is 6.18. The predicted octanol–water partition coefficient (Wildman–Crippen LogP) is 0.415. The topological polar surface area (TPSA) is 84.6 Å². The molecule has 1 unspecified atom stereocenters. The molecular weight excluding hydrogens is 232 g/mol. The molecule has 100 valence electrons. The molecule has 1 atom stereocenters. The number of amides is 1. The molecule has 0 aliphatic rings. The summed E-state index contributed by atoms with van der Waals surface area (Å²) in [6.45, 7) is 3.50. The quantitative estimate of drug-likeness (QED) is 0.614. The number of carbonyl (C=O) groups excluding carboxylic acids is 1. The number of phenolic OH excluding ortho intramolecular Hbond substituents is 1. The van der Waals surface area contributed by atoms with Gasteiger partial charge in [-0.15, -0.1) is 0 Å². The summed E-state index contributed by atoms with van der Waals surface area (Å²) in [5, 5.41) is 11.9. The van der Waals surface area contributed by atoms with E-state index in [4.69, 9.17) is 15.6 Å². The minimum Gasteiger partial charge on any atom is -0.508 e. The van der Waals surface area contributed by atoms with Crippen LogP contribution in [-0.4, -0.2) is 36.8 Å². The third kappa shape index (κ3) is 5.16. The molecule has 0 bridgehead atoms. The van der Waals surface area contributed by atoms with E-state index in [0.29, 0.717) is 26.2 Å². The molecule has 0 spiro atoms. The molecule has 5 heteroatoms. The Morgan fingerprint density at radius 1 is 1.44 bits per heavy atom. The maximum atomic E-state index is 11.6. The second-order valence-corrected chi connectivity index (χ2v) is 3.97. The van der Waals surface area contributed by atoms with Crippen molar-refractivity contribution < 1.29 is 14.6 Å². The molecule has 0 saturated heterocycles. The average molecular weight is 252 g/mol. The first-order valence-corrected chi connectivity index (χ1v) is 6.02. The van der Waals surface area contributed by atoms with Crippen molar-refractivity contribution in [1.29, 1.82) is 0 Å². The highest BCUT2D eigenvalue weighted by molar-refractivity contribution is 5.81. The van der Waals surface area contributed by atoms with Gasteiger partial charge in [0.15, 0.2) is 0 Å². The van der Waals surface area contributed by atoms with E-state index < -0.39 is 6.04 Å². The second kappa shape index (κ2) is 7.68. The maximum Gasteiger partial charge on any atom is 0.237 e. The summed E-state index contributed by atoms with van der Waals surface area (Å²) in [6, 6.07) is 6.08. The van der Waals surface area contributed by atoms with E-state index in [2.05, 4.69) is 5.32 Å². The van der Waals surface area contributed by atoms with Crippen molar-refractivity contribution in [2.45, 2.75) is 19.4 Å². The van der Waals surface area contributed by atoms with Crippen LogP contribution in [0.5, 0.6) is 5.75 Å². The van der Waals surface area contributed by atoms with Crippen LogP contribution in [0.4, 0.5) is 0 Å². The molecule has 1 amide bonds. The van der Waals surface area contributed by atoms with Gasteiger partial charge in [-0.25, -0.2) is 0 Å². The molecule has 0 aliphatic heterocycles. The Balaban J connectivity index is 2.33. The minimum absolute atomic E-state index is 0.192. The van der Waals surface area contributed by atoms with Crippen LogP contribution in [0.2, 0.25) is 0 Å². The summed E-state index contributed by atoms with van der Waals surface area (Å²) in [6.07, 6.45) is 0.445. The van der Waals surface area contributed by atoms with Crippen LogP contribution in [-0.2, 0) is 16.0 Å². The normalized spacial score (nSPS) is 12.1. The van der Waals surface area contributed by atoms with Crippen molar-refractivity contribution in [3.63, 3.8) is 0 Å². The van der Waals surface area contributed by atoms with Gasteiger partial charge in [0, 0.05) is 13.2 Å². The van der Waals surface area contributed by atoms with Crippen LogP contribution in [0.15, 0.2) is 24.3 Å². The highest BCUT2D eigenvalue weighted by Gasteiger charge is 2.13. The fourth-order valence-electron chi connectivity index (χ4n) is 1.50. The van der Waals surface area contributed by atoms with Gasteiger partial charge in [-0.2, -0.15) is 0 Å². The largest absolute Gasteiger partial charge is 0.508 e. The van der Waals surface area contributed by atoms with Crippen molar-refractivity contribution in [3.8, 4) is 5.75 Å². The van der Waals surface area contributed by atoms with E-state index in [1.807, 2.05) is 6.92 Å². The number of rotatable bonds is 7. The monoisotopic (exact) mass is 252 g/mol. The van der Waals surface area contributed by atoms with Crippen molar-refractivity contribution in [3.05, 3.63) is 29.8 Å².